The molecule has 8 heteroatoms. The second kappa shape index (κ2) is 20.5. The molecule has 26 heavy (non-hydrogen) atoms. The molecule has 0 aromatic heterocycles. The van der Waals surface area contributed by atoms with Crippen molar-refractivity contribution in [3.05, 3.63) is 24.3 Å². The molecular formula is C18H36O8. The number of aliphatic hydroxyl groups is 2. The molecule has 1 heterocycles. The van der Waals surface area contributed by atoms with Gasteiger partial charge >= 0.3 is 0 Å². The van der Waals surface area contributed by atoms with Gasteiger partial charge in [-0.2, -0.15) is 0 Å². The zero-order valence-corrected chi connectivity index (χ0v) is 16.6. The van der Waals surface area contributed by atoms with E-state index in [0.29, 0.717) is 26.4 Å². The van der Waals surface area contributed by atoms with Crippen LogP contribution in [0.25, 0.3) is 0 Å². The highest BCUT2D eigenvalue weighted by molar-refractivity contribution is 4.87. The molecule has 0 radical (unpaired) electrons. The van der Waals surface area contributed by atoms with E-state index in [4.69, 9.17) is 34.1 Å². The van der Waals surface area contributed by atoms with Gasteiger partial charge in [-0.05, 0) is 27.7 Å². The first-order valence-electron chi connectivity index (χ1n) is 8.63. The molecule has 2 atom stereocenters. The Balaban J connectivity index is 0. The molecule has 0 bridgehead atoms. The molecule has 1 rings (SSSR count). The fourth-order valence-electron chi connectivity index (χ4n) is 1.00. The van der Waals surface area contributed by atoms with Crippen LogP contribution in [0.1, 0.15) is 27.7 Å². The van der Waals surface area contributed by atoms with Crippen LogP contribution in [0.4, 0.5) is 0 Å². The third-order valence-corrected chi connectivity index (χ3v) is 2.21. The fourth-order valence-corrected chi connectivity index (χ4v) is 1.00. The van der Waals surface area contributed by atoms with E-state index in [1.807, 2.05) is 20.8 Å². The van der Waals surface area contributed by atoms with Gasteiger partial charge in [0.2, 0.25) is 0 Å². The third kappa shape index (κ3) is 28.0. The van der Waals surface area contributed by atoms with E-state index < -0.39 is 6.10 Å². The van der Waals surface area contributed by atoms with Gasteiger partial charge in [0.25, 0.3) is 0 Å². The van der Waals surface area contributed by atoms with Crippen molar-refractivity contribution in [1.82, 2.24) is 0 Å². The topological polar surface area (TPSA) is 99.1 Å². The van der Waals surface area contributed by atoms with Gasteiger partial charge in [-0.1, -0.05) is 24.3 Å². The van der Waals surface area contributed by atoms with Gasteiger partial charge in [0.05, 0.1) is 13.2 Å². The fraction of sp³-hybridized carbons (Fsp3) is 0.778. The Morgan fingerprint density at radius 3 is 1.96 bits per heavy atom. The summed E-state index contributed by atoms with van der Waals surface area (Å²) >= 11 is 0. The number of ether oxygens (including phenoxy) is 2. The van der Waals surface area contributed by atoms with Crippen LogP contribution >= 0.6 is 0 Å². The monoisotopic (exact) mass is 380 g/mol. The maximum Gasteiger partial charge on any atom is 0.111 e. The maximum atomic E-state index is 9.19. The average molecular weight is 380 g/mol. The minimum atomic E-state index is -0.634. The lowest BCUT2D eigenvalue weighted by Crippen LogP contribution is -2.22. The minimum Gasteiger partial charge on any atom is -0.397 e. The third-order valence-electron chi connectivity index (χ3n) is 2.21. The number of epoxide rings is 1. The van der Waals surface area contributed by atoms with Crippen LogP contribution in [-0.2, 0) is 29.0 Å². The molecule has 1 fully saturated rings. The molecule has 0 spiro atoms. The van der Waals surface area contributed by atoms with Crippen LogP contribution in [0.15, 0.2) is 24.3 Å². The van der Waals surface area contributed by atoms with Crippen LogP contribution in [0.3, 0.4) is 0 Å². The highest BCUT2D eigenvalue weighted by Gasteiger charge is 2.22. The van der Waals surface area contributed by atoms with Crippen LogP contribution in [0.5, 0.6) is 0 Å². The molecule has 0 aromatic rings. The van der Waals surface area contributed by atoms with Crippen molar-refractivity contribution in [3.63, 3.8) is 0 Å². The van der Waals surface area contributed by atoms with E-state index in [1.165, 1.54) is 0 Å². The van der Waals surface area contributed by atoms with E-state index in [2.05, 4.69) is 13.2 Å². The molecule has 156 valence electrons. The lowest BCUT2D eigenvalue weighted by Gasteiger charge is -2.09. The zero-order valence-electron chi connectivity index (χ0n) is 16.6. The molecule has 1 aliphatic rings. The van der Waals surface area contributed by atoms with Crippen LogP contribution < -0.4 is 0 Å². The molecule has 0 saturated carbocycles. The minimum absolute atomic E-state index is 0.118. The Bertz CT molecular complexity index is 331. The number of hydrogen-bond acceptors (Lipinski definition) is 8. The van der Waals surface area contributed by atoms with E-state index in [-0.39, 0.29) is 25.9 Å². The summed E-state index contributed by atoms with van der Waals surface area (Å²) in [6.45, 7) is 17.9. The number of hydrogen-bond donors (Lipinski definition) is 2. The van der Waals surface area contributed by atoms with Gasteiger partial charge < -0.3 is 19.7 Å². The summed E-state index contributed by atoms with van der Waals surface area (Å²) in [5.41, 5.74) is 1.83. The van der Waals surface area contributed by atoms with Gasteiger partial charge in [-0.15, -0.1) is 0 Å². The molecule has 0 aromatic carbocycles. The molecule has 8 nitrogen and oxygen atoms in total. The summed E-state index contributed by atoms with van der Waals surface area (Å²) in [4.78, 5) is 19.0. The second-order valence-electron chi connectivity index (χ2n) is 5.59. The van der Waals surface area contributed by atoms with Crippen LogP contribution in [-0.4, -0.2) is 75.3 Å². The molecular weight excluding hydrogens is 344 g/mol. The first-order valence-corrected chi connectivity index (χ1v) is 8.63. The van der Waals surface area contributed by atoms with Crippen LogP contribution in [0, 0.1) is 0 Å². The van der Waals surface area contributed by atoms with Gasteiger partial charge in [-0.25, -0.2) is 19.6 Å². The number of rotatable bonds is 13. The van der Waals surface area contributed by atoms with E-state index in [9.17, 15) is 5.11 Å². The molecule has 0 amide bonds. The maximum absolute atomic E-state index is 9.19. The zero-order chi connectivity index (χ0) is 20.2. The highest BCUT2D eigenvalue weighted by Crippen LogP contribution is 2.08. The largest absolute Gasteiger partial charge is 0.397 e. The van der Waals surface area contributed by atoms with Gasteiger partial charge in [-0.3, -0.25) is 0 Å². The van der Waals surface area contributed by atoms with Crippen molar-refractivity contribution in [2.75, 3.05) is 52.9 Å². The average Bonchev–Trinajstić information content (AvgIpc) is 3.39. The summed E-state index contributed by atoms with van der Waals surface area (Å²) in [5, 5.41) is 16.8. The Hall–Kier alpha value is -0.840. The van der Waals surface area contributed by atoms with Gasteiger partial charge in [0.1, 0.15) is 38.6 Å². The normalized spacial score (nSPS) is 15.8. The molecule has 0 aliphatic carbocycles. The number of aliphatic hydroxyl groups excluding tert-OH is 2. The van der Waals surface area contributed by atoms with Gasteiger partial charge in [0.15, 0.2) is 0 Å². The summed E-state index contributed by atoms with van der Waals surface area (Å²) in [6.07, 6.45) is -0.366. The SMILES string of the molecule is C=C(C)COOCC(O)COCC.C=C(C)COOCC1CO1.CCO. The molecule has 1 saturated heterocycles. The van der Waals surface area contributed by atoms with Crippen molar-refractivity contribution in [3.8, 4) is 0 Å². The predicted octanol–water partition coefficient (Wildman–Crippen LogP) is 1.82. The Morgan fingerprint density at radius 1 is 1.04 bits per heavy atom. The van der Waals surface area contributed by atoms with Crippen molar-refractivity contribution < 1.29 is 39.2 Å². The lowest BCUT2D eigenvalue weighted by molar-refractivity contribution is -0.300. The highest BCUT2D eigenvalue weighted by atomic mass is 17.2. The molecule has 2 unspecified atom stereocenters. The Kier molecular flexibility index (Phi) is 21.6. The first kappa shape index (κ1) is 27.4. The van der Waals surface area contributed by atoms with E-state index in [1.54, 1.807) is 6.92 Å². The van der Waals surface area contributed by atoms with Gasteiger partial charge in [0, 0.05) is 13.2 Å². The first-order chi connectivity index (χ1) is 12.4. The van der Waals surface area contributed by atoms with Crippen LogP contribution in [0.2, 0.25) is 0 Å². The van der Waals surface area contributed by atoms with Crippen molar-refractivity contribution >= 4 is 0 Å². The van der Waals surface area contributed by atoms with Crippen molar-refractivity contribution in [2.45, 2.75) is 39.9 Å². The van der Waals surface area contributed by atoms with E-state index in [0.717, 1.165) is 17.8 Å². The molecule has 2 N–H and O–H groups in total. The second-order valence-corrected chi connectivity index (χ2v) is 5.59. The van der Waals surface area contributed by atoms with Crippen molar-refractivity contribution in [1.29, 1.82) is 0 Å². The standard InChI is InChI=1S/C9H18O4.C7H12O3.C2H6O/c1-4-11-6-9(10)7-13-12-5-8(2)3;1-6(2)3-9-10-5-7-4-8-7;1-2-3/h9-10H,2,4-7H2,1,3H3;7H,1,3-5H2,2H3;3H,2H2,1H3. The lowest BCUT2D eigenvalue weighted by atomic mass is 10.4. The molecule has 1 aliphatic heterocycles. The quantitative estimate of drug-likeness (QED) is 0.164. The smallest absolute Gasteiger partial charge is 0.111 e. The Morgan fingerprint density at radius 2 is 1.54 bits per heavy atom. The summed E-state index contributed by atoms with van der Waals surface area (Å²) in [5.74, 6) is 0. The predicted molar refractivity (Wildman–Crippen MR) is 98.4 cm³/mol. The summed E-state index contributed by atoms with van der Waals surface area (Å²) in [6, 6.07) is 0. The summed E-state index contributed by atoms with van der Waals surface area (Å²) in [7, 11) is 0. The van der Waals surface area contributed by atoms with Crippen molar-refractivity contribution in [2.24, 2.45) is 0 Å². The Labute approximate surface area is 157 Å². The summed E-state index contributed by atoms with van der Waals surface area (Å²) < 4.78 is 9.86. The van der Waals surface area contributed by atoms with E-state index >= 15 is 0 Å².